The van der Waals surface area contributed by atoms with Crippen molar-refractivity contribution in [2.75, 3.05) is 6.54 Å². The number of hydrogen-bond donors (Lipinski definition) is 1. The van der Waals surface area contributed by atoms with Crippen LogP contribution < -0.4 is 5.32 Å². The number of carbonyl (C=O) groups excluding carboxylic acids is 1. The normalized spacial score (nSPS) is 8.76. The number of rotatable bonds is 2. The van der Waals surface area contributed by atoms with Crippen LogP contribution in [0.15, 0.2) is 12.3 Å². The van der Waals surface area contributed by atoms with Gasteiger partial charge in [-0.15, -0.1) is 0 Å². The number of pyridine rings is 1. The number of carbonyl (C=O) groups is 1. The van der Waals surface area contributed by atoms with Crippen LogP contribution in [-0.4, -0.2) is 17.4 Å². The maximum Gasteiger partial charge on any atom is 0.216 e. The summed E-state index contributed by atoms with van der Waals surface area (Å²) in [5, 5.41) is 11.6. The first-order valence-corrected chi connectivity index (χ1v) is 5.30. The van der Waals surface area contributed by atoms with Gasteiger partial charge in [0.2, 0.25) is 5.91 Å². The fourth-order valence-electron chi connectivity index (χ4n) is 1.06. The third-order valence-electron chi connectivity index (χ3n) is 1.82. The van der Waals surface area contributed by atoms with Gasteiger partial charge in [0, 0.05) is 26.1 Å². The van der Waals surface area contributed by atoms with Gasteiger partial charge in [0.1, 0.15) is 11.2 Å². The summed E-state index contributed by atoms with van der Waals surface area (Å²) in [5.41, 5.74) is 0.939. The van der Waals surface area contributed by atoms with Gasteiger partial charge in [-0.25, -0.2) is 4.98 Å². The van der Waals surface area contributed by atoms with Gasteiger partial charge in [-0.2, -0.15) is 5.26 Å². The van der Waals surface area contributed by atoms with E-state index in [0.717, 1.165) is 0 Å². The number of nitrogens with one attached hydrogen (secondary N) is 1. The van der Waals surface area contributed by atoms with Crippen molar-refractivity contribution in [3.63, 3.8) is 0 Å². The zero-order chi connectivity index (χ0) is 12.7. The van der Waals surface area contributed by atoms with Crippen LogP contribution in [0, 0.1) is 23.2 Å². The Kier molecular flexibility index (Phi) is 5.00. The summed E-state index contributed by atoms with van der Waals surface area (Å²) in [5.74, 6) is 5.58. The lowest BCUT2D eigenvalue weighted by atomic mass is 10.2. The highest BCUT2D eigenvalue weighted by Gasteiger charge is 1.99. The van der Waals surface area contributed by atoms with E-state index >= 15 is 0 Å². The number of amides is 1. The van der Waals surface area contributed by atoms with E-state index in [4.69, 9.17) is 16.9 Å². The lowest BCUT2D eigenvalue weighted by Gasteiger charge is -1.96. The molecule has 86 valence electrons. The van der Waals surface area contributed by atoms with Crippen LogP contribution in [0.4, 0.5) is 0 Å². The molecule has 0 fully saturated rings. The summed E-state index contributed by atoms with van der Waals surface area (Å²) in [6.45, 7) is 1.94. The Hall–Kier alpha value is -2.04. The fraction of sp³-hybridized carbons (Fsp3) is 0.250. The minimum absolute atomic E-state index is 0.0852. The van der Waals surface area contributed by atoms with E-state index in [1.54, 1.807) is 6.07 Å². The number of nitriles is 1. The molecule has 0 bridgehead atoms. The maximum atomic E-state index is 10.6. The first-order valence-electron chi connectivity index (χ1n) is 4.92. The Morgan fingerprint density at radius 3 is 3.06 bits per heavy atom. The van der Waals surface area contributed by atoms with Crippen molar-refractivity contribution in [2.45, 2.75) is 13.3 Å². The Labute approximate surface area is 105 Å². The van der Waals surface area contributed by atoms with Crippen LogP contribution in [0.5, 0.6) is 0 Å². The van der Waals surface area contributed by atoms with Crippen LogP contribution in [0.25, 0.3) is 0 Å². The fourth-order valence-corrected chi connectivity index (χ4v) is 1.21. The molecule has 0 aliphatic heterocycles. The average molecular weight is 248 g/mol. The summed E-state index contributed by atoms with van der Waals surface area (Å²) in [6, 6.07) is 3.55. The van der Waals surface area contributed by atoms with Crippen molar-refractivity contribution in [2.24, 2.45) is 0 Å². The molecule has 0 unspecified atom stereocenters. The highest BCUT2D eigenvalue weighted by Crippen LogP contribution is 2.12. The van der Waals surface area contributed by atoms with E-state index in [0.29, 0.717) is 24.1 Å². The Bertz CT molecular complexity index is 523. The largest absolute Gasteiger partial charge is 0.355 e. The summed E-state index contributed by atoms with van der Waals surface area (Å²) in [4.78, 5) is 14.4. The van der Waals surface area contributed by atoms with Crippen molar-refractivity contribution in [3.8, 4) is 17.9 Å². The van der Waals surface area contributed by atoms with Crippen molar-refractivity contribution in [3.05, 3.63) is 28.5 Å². The Morgan fingerprint density at radius 1 is 1.65 bits per heavy atom. The van der Waals surface area contributed by atoms with Crippen molar-refractivity contribution in [1.82, 2.24) is 10.3 Å². The predicted molar refractivity (Wildman–Crippen MR) is 64.1 cm³/mol. The molecule has 1 rings (SSSR count). The van der Waals surface area contributed by atoms with Crippen LogP contribution in [0.1, 0.15) is 24.5 Å². The molecule has 0 saturated carbocycles. The molecule has 5 heteroatoms. The second kappa shape index (κ2) is 6.52. The molecule has 4 nitrogen and oxygen atoms in total. The quantitative estimate of drug-likeness (QED) is 0.489. The second-order valence-corrected chi connectivity index (χ2v) is 3.57. The molecular weight excluding hydrogens is 238 g/mol. The van der Waals surface area contributed by atoms with Gasteiger partial charge in [0.05, 0.1) is 11.1 Å². The number of aromatic nitrogens is 1. The molecule has 0 aliphatic carbocycles. The average Bonchev–Trinajstić information content (AvgIpc) is 2.30. The number of hydrogen-bond acceptors (Lipinski definition) is 3. The molecule has 0 spiro atoms. The molecular formula is C12H10ClN3O. The standard InChI is InChI=1S/C12H10ClN3O/c1-9(17)15-5-3-2-4-11-6-10(7-14)8-16-12(11)13/h6,8H,3,5H2,1H3,(H,15,17). The number of nitrogens with zero attached hydrogens (tertiary/aromatic N) is 2. The molecule has 0 radical (unpaired) electrons. The van der Waals surface area contributed by atoms with Gasteiger partial charge in [-0.1, -0.05) is 23.4 Å². The highest BCUT2D eigenvalue weighted by molar-refractivity contribution is 6.30. The lowest BCUT2D eigenvalue weighted by molar-refractivity contribution is -0.118. The molecule has 1 amide bonds. The minimum atomic E-state index is -0.0852. The van der Waals surface area contributed by atoms with E-state index in [1.807, 2.05) is 6.07 Å². The maximum absolute atomic E-state index is 10.6. The molecule has 0 atom stereocenters. The van der Waals surface area contributed by atoms with Gasteiger partial charge in [-0.05, 0) is 6.07 Å². The third-order valence-corrected chi connectivity index (χ3v) is 2.12. The van der Waals surface area contributed by atoms with Gasteiger partial charge in [-0.3, -0.25) is 4.79 Å². The van der Waals surface area contributed by atoms with Crippen LogP contribution >= 0.6 is 11.6 Å². The molecule has 1 aromatic heterocycles. The summed E-state index contributed by atoms with van der Waals surface area (Å²) in [7, 11) is 0. The Morgan fingerprint density at radius 2 is 2.41 bits per heavy atom. The molecule has 0 saturated heterocycles. The van der Waals surface area contributed by atoms with Crippen molar-refractivity contribution >= 4 is 17.5 Å². The first kappa shape index (κ1) is 13.0. The number of halogens is 1. The summed E-state index contributed by atoms with van der Waals surface area (Å²) < 4.78 is 0. The molecule has 0 aromatic carbocycles. The predicted octanol–water partition coefficient (Wildman–Crippen LogP) is 1.48. The second-order valence-electron chi connectivity index (χ2n) is 3.21. The molecule has 17 heavy (non-hydrogen) atoms. The zero-order valence-corrected chi connectivity index (χ0v) is 10.0. The van der Waals surface area contributed by atoms with Gasteiger partial charge >= 0.3 is 0 Å². The van der Waals surface area contributed by atoms with Gasteiger partial charge < -0.3 is 5.32 Å². The lowest BCUT2D eigenvalue weighted by Crippen LogP contribution is -2.20. The van der Waals surface area contributed by atoms with E-state index in [9.17, 15) is 4.79 Å². The SMILES string of the molecule is CC(=O)NCCC#Cc1cc(C#N)cnc1Cl. The highest BCUT2D eigenvalue weighted by atomic mass is 35.5. The summed E-state index contributed by atoms with van der Waals surface area (Å²) >= 11 is 5.82. The van der Waals surface area contributed by atoms with E-state index in [1.165, 1.54) is 13.1 Å². The van der Waals surface area contributed by atoms with Gasteiger partial charge in [0.25, 0.3) is 0 Å². The van der Waals surface area contributed by atoms with Crippen LogP contribution in [-0.2, 0) is 4.79 Å². The Balaban J connectivity index is 2.65. The topological polar surface area (TPSA) is 65.8 Å². The molecule has 1 N–H and O–H groups in total. The molecule has 1 aromatic rings. The smallest absolute Gasteiger partial charge is 0.216 e. The monoisotopic (exact) mass is 247 g/mol. The van der Waals surface area contributed by atoms with Crippen molar-refractivity contribution < 1.29 is 4.79 Å². The van der Waals surface area contributed by atoms with Crippen molar-refractivity contribution in [1.29, 1.82) is 5.26 Å². The zero-order valence-electron chi connectivity index (χ0n) is 9.25. The minimum Gasteiger partial charge on any atom is -0.355 e. The molecule has 0 aliphatic rings. The van der Waals surface area contributed by atoms with E-state index in [-0.39, 0.29) is 11.1 Å². The molecule has 1 heterocycles. The first-order chi connectivity index (χ1) is 8.13. The van der Waals surface area contributed by atoms with E-state index in [2.05, 4.69) is 22.1 Å². The van der Waals surface area contributed by atoms with Crippen LogP contribution in [0.3, 0.4) is 0 Å². The van der Waals surface area contributed by atoms with Gasteiger partial charge in [0.15, 0.2) is 0 Å². The van der Waals surface area contributed by atoms with Crippen LogP contribution in [0.2, 0.25) is 5.15 Å². The third kappa shape index (κ3) is 4.55. The van der Waals surface area contributed by atoms with E-state index < -0.39 is 0 Å². The summed E-state index contributed by atoms with van der Waals surface area (Å²) in [6.07, 6.45) is 1.91.